The van der Waals surface area contributed by atoms with Gasteiger partial charge in [0, 0.05) is 0 Å². The van der Waals surface area contributed by atoms with E-state index in [4.69, 9.17) is 27.7 Å². The third-order valence-electron chi connectivity index (χ3n) is 0.183. The van der Waals surface area contributed by atoms with Gasteiger partial charge in [-0.05, 0) is 0 Å². The van der Waals surface area contributed by atoms with E-state index in [2.05, 4.69) is 0 Å². The molecule has 0 aliphatic heterocycles. The first-order valence-corrected chi connectivity index (χ1v) is 3.67. The summed E-state index contributed by atoms with van der Waals surface area (Å²) in [5.74, 6) is -3.65. The van der Waals surface area contributed by atoms with E-state index >= 15 is 0 Å². The fraction of sp³-hybridized carbons (Fsp3) is 0. The van der Waals surface area contributed by atoms with Crippen LogP contribution in [0.2, 0.25) is 0 Å². The molecule has 0 saturated heterocycles. The van der Waals surface area contributed by atoms with Gasteiger partial charge in [0.1, 0.15) is 0 Å². The van der Waals surface area contributed by atoms with Crippen LogP contribution in [0, 0.1) is 0 Å². The number of hydrogen-bond acceptors (Lipinski definition) is 3. The molecule has 0 aliphatic rings. The Bertz CT molecular complexity index is 106. The minimum atomic E-state index is -1.94. The minimum absolute atomic E-state index is 1.82. The first-order chi connectivity index (χ1) is 4.06. The number of hydrogen-bond donors (Lipinski definition) is 3. The van der Waals surface area contributed by atoms with Crippen LogP contribution in [0.1, 0.15) is 0 Å². The molecule has 0 radical (unpaired) electrons. The second kappa shape index (κ2) is 7.08. The molecule has 0 rings (SSSR count). The Labute approximate surface area is 56.1 Å². The van der Waals surface area contributed by atoms with Gasteiger partial charge in [-0.25, -0.2) is 9.59 Å². The summed E-state index contributed by atoms with van der Waals surface area (Å²) >= 11 is -1.94. The van der Waals surface area contributed by atoms with Gasteiger partial charge >= 0.3 is 35.6 Å². The molecule has 0 saturated carbocycles. The first kappa shape index (κ1) is 11.0. The standard InChI is InChI=1S/C2H2O4.GeH2O2/c3-1(4)2(5)6;2-1-3/h(H,3,4)(H,5,6);1-2H. The number of rotatable bonds is 0. The molecule has 0 aromatic carbocycles. The van der Waals surface area contributed by atoms with Gasteiger partial charge in [0.2, 0.25) is 0 Å². The molecular formula is C2H4GeO6. The van der Waals surface area contributed by atoms with E-state index in [-0.39, 0.29) is 0 Å². The molecule has 0 heterocycles. The van der Waals surface area contributed by atoms with Crippen molar-refractivity contribution >= 4 is 27.6 Å². The van der Waals surface area contributed by atoms with Crippen LogP contribution in [0.5, 0.6) is 0 Å². The van der Waals surface area contributed by atoms with Crippen LogP contribution in [0.15, 0.2) is 0 Å². The third kappa shape index (κ3) is 19.3. The van der Waals surface area contributed by atoms with Gasteiger partial charge < -0.3 is 10.2 Å². The number of carboxylic acids is 2. The number of aliphatic carboxylic acids is 2. The van der Waals surface area contributed by atoms with Crippen molar-refractivity contribution in [2.45, 2.75) is 0 Å². The topological polar surface area (TPSA) is 112 Å². The van der Waals surface area contributed by atoms with Crippen molar-refractivity contribution in [3.8, 4) is 0 Å². The Hall–Kier alpha value is -0.917. The summed E-state index contributed by atoms with van der Waals surface area (Å²) in [6, 6.07) is 0. The van der Waals surface area contributed by atoms with Crippen LogP contribution in [-0.4, -0.2) is 42.0 Å². The summed E-state index contributed by atoms with van der Waals surface area (Å²) in [7, 11) is 0. The molecular weight excluding hydrogens is 193 g/mol. The first-order valence-electron chi connectivity index (χ1n) is 1.60. The van der Waals surface area contributed by atoms with Crippen molar-refractivity contribution in [2.75, 3.05) is 0 Å². The van der Waals surface area contributed by atoms with Crippen molar-refractivity contribution in [3.63, 3.8) is 0 Å². The molecule has 52 valence electrons. The van der Waals surface area contributed by atoms with Crippen LogP contribution >= 0.6 is 0 Å². The van der Waals surface area contributed by atoms with Crippen LogP contribution in [0.4, 0.5) is 0 Å². The summed E-state index contributed by atoms with van der Waals surface area (Å²) in [5, 5.41) is 14.8. The Morgan fingerprint density at radius 1 is 1.11 bits per heavy atom. The van der Waals surface area contributed by atoms with Gasteiger partial charge in [-0.15, -0.1) is 0 Å². The summed E-state index contributed by atoms with van der Waals surface area (Å²) in [5.41, 5.74) is 0. The Balaban J connectivity index is 0. The predicted molar refractivity (Wildman–Crippen MR) is 25.3 cm³/mol. The zero-order chi connectivity index (χ0) is 7.86. The predicted octanol–water partition coefficient (Wildman–Crippen LogP) is -2.17. The quantitative estimate of drug-likeness (QED) is 0.300. The fourth-order valence-corrected chi connectivity index (χ4v) is 0. The summed E-state index contributed by atoms with van der Waals surface area (Å²) < 4.78 is 15.8. The van der Waals surface area contributed by atoms with E-state index in [1.54, 1.807) is 0 Å². The van der Waals surface area contributed by atoms with Gasteiger partial charge in [0.05, 0.1) is 0 Å². The van der Waals surface area contributed by atoms with Gasteiger partial charge in [-0.1, -0.05) is 0 Å². The summed E-state index contributed by atoms with van der Waals surface area (Å²) in [6.07, 6.45) is 0. The molecule has 0 aromatic heterocycles. The normalized spacial score (nSPS) is 6.22. The van der Waals surface area contributed by atoms with Crippen molar-refractivity contribution in [3.05, 3.63) is 0 Å². The van der Waals surface area contributed by atoms with Crippen LogP contribution in [0.3, 0.4) is 0 Å². The molecule has 6 nitrogen and oxygen atoms in total. The Morgan fingerprint density at radius 2 is 1.22 bits per heavy atom. The van der Waals surface area contributed by atoms with Gasteiger partial charge in [-0.2, -0.15) is 0 Å². The van der Waals surface area contributed by atoms with Crippen molar-refractivity contribution in [1.82, 2.24) is 0 Å². The van der Waals surface area contributed by atoms with Gasteiger partial charge in [0.25, 0.3) is 0 Å². The molecule has 0 bridgehead atoms. The Kier molecular flexibility index (Phi) is 8.62. The summed E-state index contributed by atoms with van der Waals surface area (Å²) in [6.45, 7) is 0. The maximum atomic E-state index is 9.10. The second-order valence-corrected chi connectivity index (χ2v) is 1.16. The molecule has 0 aromatic rings. The van der Waals surface area contributed by atoms with E-state index in [0.717, 1.165) is 0 Å². The van der Waals surface area contributed by atoms with Crippen LogP contribution < -0.4 is 0 Å². The fourth-order valence-electron chi connectivity index (χ4n) is 0. The van der Waals surface area contributed by atoms with Gasteiger partial charge in [-0.3, -0.25) is 0 Å². The van der Waals surface area contributed by atoms with E-state index in [9.17, 15) is 0 Å². The molecule has 0 fully saturated rings. The third-order valence-corrected chi connectivity index (χ3v) is 0.183. The van der Waals surface area contributed by atoms with E-state index in [1.807, 2.05) is 0 Å². The maximum absolute atomic E-state index is 9.10. The molecule has 9 heavy (non-hydrogen) atoms. The summed E-state index contributed by atoms with van der Waals surface area (Å²) in [4.78, 5) is 18.2. The molecule has 0 aliphatic carbocycles. The van der Waals surface area contributed by atoms with E-state index in [0.29, 0.717) is 0 Å². The zero-order valence-electron chi connectivity index (χ0n) is 4.14. The van der Waals surface area contributed by atoms with Crippen molar-refractivity contribution in [2.24, 2.45) is 0 Å². The zero-order valence-corrected chi connectivity index (χ0v) is 6.57. The molecule has 3 N–H and O–H groups in total. The molecule has 0 unspecified atom stereocenters. The van der Waals surface area contributed by atoms with Crippen LogP contribution in [-0.2, 0) is 13.4 Å². The monoisotopic (exact) mass is 198 g/mol. The van der Waals surface area contributed by atoms with Crippen molar-refractivity contribution in [1.29, 1.82) is 0 Å². The molecule has 0 amide bonds. The van der Waals surface area contributed by atoms with E-state index in [1.165, 1.54) is 0 Å². The number of carbonyl (C=O) groups is 2. The van der Waals surface area contributed by atoms with Crippen molar-refractivity contribution < 1.29 is 27.7 Å². The average molecular weight is 197 g/mol. The number of carboxylic acid groups (broad SMARTS) is 2. The molecule has 0 atom stereocenters. The van der Waals surface area contributed by atoms with Gasteiger partial charge in [0.15, 0.2) is 0 Å². The van der Waals surface area contributed by atoms with Crippen LogP contribution in [0.25, 0.3) is 0 Å². The molecule has 7 heteroatoms. The average Bonchev–Trinajstić information content (AvgIpc) is 1.68. The Morgan fingerprint density at radius 3 is 1.22 bits per heavy atom. The van der Waals surface area contributed by atoms with E-state index < -0.39 is 27.6 Å². The SMILES string of the molecule is O=C(O)C(=O)O.[O]=[GeH][OH]. The second-order valence-electron chi connectivity index (χ2n) is 0.716. The molecule has 0 spiro atoms.